The Bertz CT molecular complexity index is 2470. The summed E-state index contributed by atoms with van der Waals surface area (Å²) < 4.78 is 5.39. The molecule has 0 aliphatic heterocycles. The topological polar surface area (TPSA) is 110 Å². The van der Waals surface area contributed by atoms with Crippen LogP contribution in [0.3, 0.4) is 0 Å². The Balaban J connectivity index is 0.000000187. The number of hydrogen-bond donors (Lipinski definition) is 1. The van der Waals surface area contributed by atoms with E-state index in [0.717, 1.165) is 50.4 Å². The summed E-state index contributed by atoms with van der Waals surface area (Å²) in [7, 11) is 0. The van der Waals surface area contributed by atoms with E-state index in [9.17, 15) is 4.79 Å². The first-order valence-electron chi connectivity index (χ1n) is 17.7. The minimum atomic E-state index is -0.0779. The molecule has 6 aromatic carbocycles. The zero-order valence-electron chi connectivity index (χ0n) is 31.4. The molecule has 0 saturated heterocycles. The summed E-state index contributed by atoms with van der Waals surface area (Å²) in [6, 6.07) is 51.8. The van der Waals surface area contributed by atoms with Gasteiger partial charge in [-0.2, -0.15) is 15.8 Å². The number of amides is 1. The van der Waals surface area contributed by atoms with Gasteiger partial charge in [-0.15, -0.1) is 5.92 Å². The van der Waals surface area contributed by atoms with E-state index in [1.807, 2.05) is 147 Å². The van der Waals surface area contributed by atoms with Crippen LogP contribution in [0.1, 0.15) is 65.3 Å². The lowest BCUT2D eigenvalue weighted by Crippen LogP contribution is -2.05. The summed E-state index contributed by atoms with van der Waals surface area (Å²) in [6.45, 7) is 5.95. The summed E-state index contributed by atoms with van der Waals surface area (Å²) in [5, 5.41) is 28.9. The summed E-state index contributed by atoms with van der Waals surface area (Å²) in [5.41, 5.74) is 9.92. The molecule has 0 bridgehead atoms. The number of benzene rings is 6. The van der Waals surface area contributed by atoms with E-state index in [0.29, 0.717) is 23.3 Å². The lowest BCUT2D eigenvalue weighted by molar-refractivity contribution is -0.114. The van der Waals surface area contributed by atoms with E-state index in [2.05, 4.69) is 47.2 Å². The third-order valence-electron chi connectivity index (χ3n) is 7.77. The minimum Gasteiger partial charge on any atom is -0.494 e. The highest BCUT2D eigenvalue weighted by Gasteiger charge is 1.99. The van der Waals surface area contributed by atoms with Crippen molar-refractivity contribution in [2.24, 2.45) is 0 Å². The first kappa shape index (κ1) is 40.7. The largest absolute Gasteiger partial charge is 0.494 e. The molecular formula is C50H38N4O2. The monoisotopic (exact) mass is 726 g/mol. The van der Waals surface area contributed by atoms with Crippen molar-refractivity contribution in [1.82, 2.24) is 0 Å². The standard InChI is InChI=1S/C18H11N.C17H14N2O.C15H13NO/c1-2-3-15-4-6-16(7-5-15)8-9-17-10-12-18(14-19)13-11-17;1-13(20)19-17-10-8-15(9-11-17)3-2-14-4-6-16(12-18)7-5-14;1-2-17-15-9-7-14(8-10-15)13-5-3-12(11-16)4-6-13/h4-7,10-13H,1H3;2-11H,1H3,(H,19,20);3-10H,2H2,1H3/b;3-2+;. The number of carbonyl (C=O) groups is 1. The molecule has 6 aromatic rings. The minimum absolute atomic E-state index is 0.0779. The van der Waals surface area contributed by atoms with Gasteiger partial charge in [0.25, 0.3) is 0 Å². The van der Waals surface area contributed by atoms with E-state index in [4.69, 9.17) is 20.5 Å². The molecule has 0 aromatic heterocycles. The van der Waals surface area contributed by atoms with Crippen LogP contribution in [0, 0.1) is 57.7 Å². The average Bonchev–Trinajstić information content (AvgIpc) is 3.24. The van der Waals surface area contributed by atoms with Crippen LogP contribution in [-0.2, 0) is 4.79 Å². The molecule has 0 radical (unpaired) electrons. The van der Waals surface area contributed by atoms with Crippen molar-refractivity contribution in [3.8, 4) is 58.8 Å². The van der Waals surface area contributed by atoms with Crippen LogP contribution in [0.5, 0.6) is 5.75 Å². The Morgan fingerprint density at radius 1 is 0.536 bits per heavy atom. The molecule has 0 aliphatic carbocycles. The molecule has 0 fully saturated rings. The normalized spacial score (nSPS) is 9.43. The van der Waals surface area contributed by atoms with E-state index in [1.54, 1.807) is 24.3 Å². The fourth-order valence-electron chi connectivity index (χ4n) is 4.94. The Hall–Kier alpha value is -8.08. The van der Waals surface area contributed by atoms with Gasteiger partial charge in [0, 0.05) is 29.3 Å². The van der Waals surface area contributed by atoms with Gasteiger partial charge in [0.2, 0.25) is 5.91 Å². The second-order valence-corrected chi connectivity index (χ2v) is 11.9. The molecule has 1 amide bonds. The highest BCUT2D eigenvalue weighted by Crippen LogP contribution is 2.23. The summed E-state index contributed by atoms with van der Waals surface area (Å²) in [5.74, 6) is 12.8. The van der Waals surface area contributed by atoms with Gasteiger partial charge in [0.15, 0.2) is 0 Å². The number of carbonyl (C=O) groups excluding carboxylic acids is 1. The van der Waals surface area contributed by atoms with E-state index in [-0.39, 0.29) is 5.91 Å². The third kappa shape index (κ3) is 13.8. The van der Waals surface area contributed by atoms with Crippen LogP contribution in [0.4, 0.5) is 5.69 Å². The molecule has 0 aliphatic rings. The molecule has 0 atom stereocenters. The molecule has 6 rings (SSSR count). The van der Waals surface area contributed by atoms with Crippen molar-refractivity contribution in [3.63, 3.8) is 0 Å². The second-order valence-electron chi connectivity index (χ2n) is 11.9. The van der Waals surface area contributed by atoms with Crippen molar-refractivity contribution in [2.45, 2.75) is 20.8 Å². The molecule has 0 unspecified atom stereocenters. The Kier molecular flexibility index (Phi) is 16.1. The molecule has 270 valence electrons. The number of nitrogens with zero attached hydrogens (tertiary/aromatic N) is 3. The maximum Gasteiger partial charge on any atom is 0.221 e. The SMILES string of the molecule is CC#Cc1ccc(C#Cc2ccc(C#N)cc2)cc1.CC(=O)Nc1ccc(/C=C/c2ccc(C#N)cc2)cc1.CCOc1ccc(-c2ccc(C#N)cc2)cc1. The van der Waals surface area contributed by atoms with Gasteiger partial charge in [-0.3, -0.25) is 4.79 Å². The third-order valence-corrected chi connectivity index (χ3v) is 7.77. The molecule has 0 heterocycles. The van der Waals surface area contributed by atoms with Crippen molar-refractivity contribution in [3.05, 3.63) is 190 Å². The number of nitrogens with one attached hydrogen (secondary N) is 1. The van der Waals surface area contributed by atoms with Gasteiger partial charge in [0.05, 0.1) is 41.5 Å². The van der Waals surface area contributed by atoms with Gasteiger partial charge >= 0.3 is 0 Å². The predicted molar refractivity (Wildman–Crippen MR) is 225 cm³/mol. The Morgan fingerprint density at radius 3 is 1.29 bits per heavy atom. The summed E-state index contributed by atoms with van der Waals surface area (Å²) in [6.07, 6.45) is 3.97. The van der Waals surface area contributed by atoms with Gasteiger partial charge in [0.1, 0.15) is 5.75 Å². The highest BCUT2D eigenvalue weighted by atomic mass is 16.5. The Labute approximate surface area is 329 Å². The number of ether oxygens (including phenoxy) is 1. The number of hydrogen-bond acceptors (Lipinski definition) is 5. The summed E-state index contributed by atoms with van der Waals surface area (Å²) in [4.78, 5) is 10.9. The van der Waals surface area contributed by atoms with Crippen molar-refractivity contribution in [2.75, 3.05) is 11.9 Å². The number of nitriles is 3. The zero-order chi connectivity index (χ0) is 40.0. The molecule has 0 saturated carbocycles. The zero-order valence-corrected chi connectivity index (χ0v) is 31.4. The predicted octanol–water partition coefficient (Wildman–Crippen LogP) is 10.6. The quantitative estimate of drug-likeness (QED) is 0.136. The smallest absolute Gasteiger partial charge is 0.221 e. The van der Waals surface area contributed by atoms with Crippen molar-refractivity contribution < 1.29 is 9.53 Å². The first-order valence-corrected chi connectivity index (χ1v) is 17.7. The lowest BCUT2D eigenvalue weighted by atomic mass is 10.0. The Morgan fingerprint density at radius 2 is 0.893 bits per heavy atom. The van der Waals surface area contributed by atoms with Crippen LogP contribution in [0.15, 0.2) is 146 Å². The molecule has 0 spiro atoms. The van der Waals surface area contributed by atoms with Crippen LogP contribution in [-0.4, -0.2) is 12.5 Å². The highest BCUT2D eigenvalue weighted by molar-refractivity contribution is 5.88. The average molecular weight is 727 g/mol. The molecule has 6 heteroatoms. The van der Waals surface area contributed by atoms with Crippen molar-refractivity contribution in [1.29, 1.82) is 15.8 Å². The van der Waals surface area contributed by atoms with E-state index < -0.39 is 0 Å². The maximum absolute atomic E-state index is 10.9. The number of anilines is 1. The number of rotatable bonds is 6. The summed E-state index contributed by atoms with van der Waals surface area (Å²) >= 11 is 0. The van der Waals surface area contributed by atoms with Gasteiger partial charge in [-0.1, -0.05) is 78.4 Å². The van der Waals surface area contributed by atoms with Gasteiger partial charge in [-0.25, -0.2) is 0 Å². The lowest BCUT2D eigenvalue weighted by Gasteiger charge is -2.05. The molecule has 6 nitrogen and oxygen atoms in total. The molecule has 56 heavy (non-hydrogen) atoms. The van der Waals surface area contributed by atoms with Gasteiger partial charge in [-0.05, 0) is 133 Å². The van der Waals surface area contributed by atoms with Crippen LogP contribution < -0.4 is 10.1 Å². The van der Waals surface area contributed by atoms with Crippen LogP contribution >= 0.6 is 0 Å². The van der Waals surface area contributed by atoms with Crippen LogP contribution in [0.25, 0.3) is 23.3 Å². The molecule has 1 N–H and O–H groups in total. The van der Waals surface area contributed by atoms with Crippen LogP contribution in [0.2, 0.25) is 0 Å². The molecular weight excluding hydrogens is 689 g/mol. The fourth-order valence-corrected chi connectivity index (χ4v) is 4.94. The maximum atomic E-state index is 10.9. The van der Waals surface area contributed by atoms with E-state index >= 15 is 0 Å². The fraction of sp³-hybridized carbons (Fsp3) is 0.0800. The van der Waals surface area contributed by atoms with Crippen molar-refractivity contribution >= 4 is 23.7 Å². The van der Waals surface area contributed by atoms with Gasteiger partial charge < -0.3 is 10.1 Å². The van der Waals surface area contributed by atoms with E-state index in [1.165, 1.54) is 6.92 Å². The first-order chi connectivity index (χ1) is 27.3. The second kappa shape index (κ2) is 22.1.